The van der Waals surface area contributed by atoms with Gasteiger partial charge in [0.05, 0.1) is 5.52 Å². The first-order valence-electron chi connectivity index (χ1n) is 7.70. The first kappa shape index (κ1) is 16.3. The van der Waals surface area contributed by atoms with Gasteiger partial charge in [-0.05, 0) is 42.3 Å². The van der Waals surface area contributed by atoms with Crippen LogP contribution in [0, 0.1) is 0 Å². The minimum atomic E-state index is -0.154. The Morgan fingerprint density at radius 3 is 2.71 bits per heavy atom. The first-order valence-corrected chi connectivity index (χ1v) is 8.08. The van der Waals surface area contributed by atoms with E-state index in [0.717, 1.165) is 22.9 Å². The molecule has 1 aromatic heterocycles. The molecule has 0 radical (unpaired) electrons. The number of carbonyl (C=O) groups is 1. The lowest BCUT2D eigenvalue weighted by Gasteiger charge is -2.09. The molecule has 0 spiro atoms. The summed E-state index contributed by atoms with van der Waals surface area (Å²) in [6, 6.07) is 16.9. The number of hydrogen-bond acceptors (Lipinski definition) is 3. The highest BCUT2D eigenvalue weighted by Crippen LogP contribution is 2.16. The lowest BCUT2D eigenvalue weighted by molar-refractivity contribution is -0.123. The molecule has 0 aliphatic heterocycles. The fourth-order valence-electron chi connectivity index (χ4n) is 2.44. The molecule has 0 bridgehead atoms. The Labute approximate surface area is 145 Å². The molecule has 4 nitrogen and oxygen atoms in total. The molecular weight excluding hydrogens is 324 g/mol. The van der Waals surface area contributed by atoms with Crippen molar-refractivity contribution in [2.24, 2.45) is 0 Å². The number of nitrogens with zero attached hydrogens (tertiary/aromatic N) is 1. The molecule has 3 aromatic rings. The number of benzene rings is 2. The lowest BCUT2D eigenvalue weighted by Crippen LogP contribution is -2.30. The highest BCUT2D eigenvalue weighted by Gasteiger charge is 2.05. The largest absolute Gasteiger partial charge is 0.484 e. The van der Waals surface area contributed by atoms with E-state index < -0.39 is 0 Å². The third-order valence-corrected chi connectivity index (χ3v) is 3.87. The average molecular weight is 341 g/mol. The zero-order valence-corrected chi connectivity index (χ0v) is 13.8. The summed E-state index contributed by atoms with van der Waals surface area (Å²) in [4.78, 5) is 16.3. The van der Waals surface area contributed by atoms with Gasteiger partial charge >= 0.3 is 0 Å². The molecule has 1 heterocycles. The molecule has 5 heteroatoms. The van der Waals surface area contributed by atoms with E-state index in [1.54, 1.807) is 30.5 Å². The Balaban J connectivity index is 1.48. The number of ether oxygens (including phenoxy) is 1. The number of halogens is 1. The molecule has 24 heavy (non-hydrogen) atoms. The van der Waals surface area contributed by atoms with E-state index >= 15 is 0 Å². The van der Waals surface area contributed by atoms with Crippen LogP contribution in [0.25, 0.3) is 10.9 Å². The van der Waals surface area contributed by atoms with Crippen molar-refractivity contribution in [3.05, 3.63) is 71.4 Å². The number of hydrogen-bond donors (Lipinski definition) is 1. The van der Waals surface area contributed by atoms with Crippen molar-refractivity contribution >= 4 is 28.4 Å². The van der Waals surface area contributed by atoms with Crippen LogP contribution in [0.5, 0.6) is 5.75 Å². The maximum atomic E-state index is 11.9. The fraction of sp³-hybridized carbons (Fsp3) is 0.158. The second kappa shape index (κ2) is 7.79. The molecule has 122 valence electrons. The number of amides is 1. The van der Waals surface area contributed by atoms with E-state index in [0.29, 0.717) is 17.3 Å². The summed E-state index contributed by atoms with van der Waals surface area (Å²) in [6.07, 6.45) is 2.51. The van der Waals surface area contributed by atoms with Crippen LogP contribution in [0.1, 0.15) is 5.56 Å². The van der Waals surface area contributed by atoms with Crippen LogP contribution in [0.4, 0.5) is 0 Å². The molecule has 0 fully saturated rings. The molecule has 0 saturated carbocycles. The lowest BCUT2D eigenvalue weighted by atomic mass is 10.1. The van der Waals surface area contributed by atoms with Crippen molar-refractivity contribution in [2.75, 3.05) is 13.2 Å². The molecule has 0 aliphatic rings. The summed E-state index contributed by atoms with van der Waals surface area (Å²) in [5.74, 6) is 0.464. The Hall–Kier alpha value is -2.59. The number of nitrogens with one attached hydrogen (secondary N) is 1. The number of carbonyl (C=O) groups excluding carboxylic acids is 1. The minimum absolute atomic E-state index is 0.0184. The van der Waals surface area contributed by atoms with Crippen molar-refractivity contribution < 1.29 is 9.53 Å². The quantitative estimate of drug-likeness (QED) is 0.745. The van der Waals surface area contributed by atoms with E-state index in [4.69, 9.17) is 16.3 Å². The van der Waals surface area contributed by atoms with Crippen LogP contribution < -0.4 is 10.1 Å². The van der Waals surface area contributed by atoms with Gasteiger partial charge in [0, 0.05) is 23.2 Å². The summed E-state index contributed by atoms with van der Waals surface area (Å²) in [6.45, 7) is 0.522. The maximum absolute atomic E-state index is 11.9. The van der Waals surface area contributed by atoms with Gasteiger partial charge in [-0.3, -0.25) is 9.78 Å². The molecule has 2 aromatic carbocycles. The van der Waals surface area contributed by atoms with E-state index in [1.807, 2.05) is 30.3 Å². The van der Waals surface area contributed by atoms with E-state index in [1.165, 1.54) is 0 Å². The summed E-state index contributed by atoms with van der Waals surface area (Å²) < 4.78 is 5.41. The normalized spacial score (nSPS) is 10.5. The van der Waals surface area contributed by atoms with Crippen LogP contribution >= 0.6 is 11.6 Å². The first-order chi connectivity index (χ1) is 11.7. The Kier molecular flexibility index (Phi) is 5.29. The monoisotopic (exact) mass is 340 g/mol. The molecule has 3 rings (SSSR count). The van der Waals surface area contributed by atoms with Crippen LogP contribution in [0.2, 0.25) is 5.02 Å². The van der Waals surface area contributed by atoms with Gasteiger partial charge in [0.1, 0.15) is 5.75 Å². The Morgan fingerprint density at radius 2 is 1.88 bits per heavy atom. The molecule has 0 atom stereocenters. The predicted molar refractivity (Wildman–Crippen MR) is 95.4 cm³/mol. The van der Waals surface area contributed by atoms with Gasteiger partial charge in [0.25, 0.3) is 5.91 Å². The second-order valence-corrected chi connectivity index (χ2v) is 5.77. The summed E-state index contributed by atoms with van der Waals surface area (Å²) in [5, 5.41) is 4.60. The zero-order chi connectivity index (χ0) is 16.8. The highest BCUT2D eigenvalue weighted by molar-refractivity contribution is 6.30. The van der Waals surface area contributed by atoms with Crippen molar-refractivity contribution in [1.82, 2.24) is 10.3 Å². The van der Waals surface area contributed by atoms with Crippen molar-refractivity contribution in [1.29, 1.82) is 0 Å². The van der Waals surface area contributed by atoms with Gasteiger partial charge in [0.15, 0.2) is 6.61 Å². The SMILES string of the molecule is O=C(COc1ccc(Cl)cc1)NCCc1cccc2cccnc12. The third kappa shape index (κ3) is 4.24. The second-order valence-electron chi connectivity index (χ2n) is 5.33. The number of rotatable bonds is 6. The zero-order valence-electron chi connectivity index (χ0n) is 13.0. The average Bonchev–Trinajstić information content (AvgIpc) is 2.61. The number of fused-ring (bicyclic) bond motifs is 1. The third-order valence-electron chi connectivity index (χ3n) is 3.62. The van der Waals surface area contributed by atoms with Gasteiger partial charge in [-0.1, -0.05) is 35.9 Å². The van der Waals surface area contributed by atoms with Gasteiger partial charge in [-0.15, -0.1) is 0 Å². The smallest absolute Gasteiger partial charge is 0.257 e. The number of aromatic nitrogens is 1. The van der Waals surface area contributed by atoms with Gasteiger partial charge in [-0.2, -0.15) is 0 Å². The molecule has 1 amide bonds. The Morgan fingerprint density at radius 1 is 1.08 bits per heavy atom. The van der Waals surface area contributed by atoms with Crippen molar-refractivity contribution in [3.8, 4) is 5.75 Å². The predicted octanol–water partition coefficient (Wildman–Crippen LogP) is 3.63. The van der Waals surface area contributed by atoms with Crippen LogP contribution in [0.15, 0.2) is 60.8 Å². The minimum Gasteiger partial charge on any atom is -0.484 e. The summed E-state index contributed by atoms with van der Waals surface area (Å²) >= 11 is 5.80. The van der Waals surface area contributed by atoms with Crippen LogP contribution in [-0.4, -0.2) is 24.0 Å². The molecular formula is C19H17ClN2O2. The van der Waals surface area contributed by atoms with E-state index in [9.17, 15) is 4.79 Å². The van der Waals surface area contributed by atoms with Gasteiger partial charge < -0.3 is 10.1 Å². The molecule has 0 saturated heterocycles. The van der Waals surface area contributed by atoms with Crippen molar-refractivity contribution in [2.45, 2.75) is 6.42 Å². The van der Waals surface area contributed by atoms with Crippen molar-refractivity contribution in [3.63, 3.8) is 0 Å². The van der Waals surface area contributed by atoms with Crippen LogP contribution in [-0.2, 0) is 11.2 Å². The molecule has 0 unspecified atom stereocenters. The summed E-state index contributed by atoms with van der Waals surface area (Å²) in [5.41, 5.74) is 2.10. The number of pyridine rings is 1. The van der Waals surface area contributed by atoms with Crippen LogP contribution in [0.3, 0.4) is 0 Å². The summed E-state index contributed by atoms with van der Waals surface area (Å²) in [7, 11) is 0. The van der Waals surface area contributed by atoms with Gasteiger partial charge in [0.2, 0.25) is 0 Å². The Bertz CT molecular complexity index is 829. The standard InChI is InChI=1S/C19H17ClN2O2/c20-16-6-8-17(9-7-16)24-13-18(23)21-12-10-15-4-1-3-14-5-2-11-22-19(14)15/h1-9,11H,10,12-13H2,(H,21,23). The topological polar surface area (TPSA) is 51.2 Å². The number of para-hydroxylation sites is 1. The maximum Gasteiger partial charge on any atom is 0.257 e. The highest BCUT2D eigenvalue weighted by atomic mass is 35.5. The fourth-order valence-corrected chi connectivity index (χ4v) is 2.56. The van der Waals surface area contributed by atoms with Gasteiger partial charge in [-0.25, -0.2) is 0 Å². The molecule has 1 N–H and O–H groups in total. The molecule has 0 aliphatic carbocycles. The van der Waals surface area contributed by atoms with E-state index in [-0.39, 0.29) is 12.5 Å². The van der Waals surface area contributed by atoms with E-state index in [2.05, 4.69) is 10.3 Å².